The third kappa shape index (κ3) is 4.10. The Kier molecular flexibility index (Phi) is 5.59. The number of halogens is 1. The smallest absolute Gasteiger partial charge is 0.371 e. The van der Waals surface area contributed by atoms with Crippen molar-refractivity contribution in [3.8, 4) is 0 Å². The van der Waals surface area contributed by atoms with Crippen LogP contribution in [0, 0.1) is 0 Å². The molecule has 0 saturated heterocycles. The molecule has 0 aromatic heterocycles. The van der Waals surface area contributed by atoms with Crippen molar-refractivity contribution in [2.75, 3.05) is 14.1 Å². The molecule has 4 nitrogen and oxygen atoms in total. The molecule has 0 fully saturated rings. The summed E-state index contributed by atoms with van der Waals surface area (Å²) in [6.07, 6.45) is 0.608. The molecule has 15 heavy (non-hydrogen) atoms. The van der Waals surface area contributed by atoms with Crippen LogP contribution in [0.1, 0.15) is 26.7 Å². The molecule has 0 aromatic carbocycles. The highest BCUT2D eigenvalue weighted by atomic mass is 19.1. The second-order valence-corrected chi connectivity index (χ2v) is 3.19. The summed E-state index contributed by atoms with van der Waals surface area (Å²) in [5.74, 6) is -1.68. The fraction of sp³-hybridized carbons (Fsp3) is 0.600. The molecule has 0 unspecified atom stereocenters. The van der Waals surface area contributed by atoms with Crippen molar-refractivity contribution in [3.63, 3.8) is 0 Å². The predicted molar refractivity (Wildman–Crippen MR) is 57.5 cm³/mol. The van der Waals surface area contributed by atoms with Gasteiger partial charge in [-0.05, 0) is 12.8 Å². The molecular weight excluding hydrogens is 199 g/mol. The van der Waals surface area contributed by atoms with Gasteiger partial charge < -0.3 is 10.0 Å². The summed E-state index contributed by atoms with van der Waals surface area (Å²) in [5, 5.41) is 8.83. The quantitative estimate of drug-likeness (QED) is 0.580. The molecule has 86 valence electrons. The van der Waals surface area contributed by atoms with E-state index in [0.717, 1.165) is 0 Å². The van der Waals surface area contributed by atoms with E-state index in [2.05, 4.69) is 4.99 Å². The van der Waals surface area contributed by atoms with Gasteiger partial charge in [-0.1, -0.05) is 13.8 Å². The highest BCUT2D eigenvalue weighted by Gasteiger charge is 2.13. The Bertz CT molecular complexity index is 296. The summed E-state index contributed by atoms with van der Waals surface area (Å²) in [4.78, 5) is 15.9. The van der Waals surface area contributed by atoms with Crippen molar-refractivity contribution in [2.24, 2.45) is 4.99 Å². The highest BCUT2D eigenvalue weighted by molar-refractivity contribution is 6.34. The lowest BCUT2D eigenvalue weighted by atomic mass is 10.2. The summed E-state index contributed by atoms with van der Waals surface area (Å²) in [7, 11) is 3.12. The maximum Gasteiger partial charge on any atom is 0.371 e. The lowest BCUT2D eigenvalue weighted by Gasteiger charge is -2.12. The third-order valence-electron chi connectivity index (χ3n) is 1.81. The van der Waals surface area contributed by atoms with E-state index < -0.39 is 5.97 Å². The van der Waals surface area contributed by atoms with Crippen LogP contribution in [-0.4, -0.2) is 35.9 Å². The zero-order valence-electron chi connectivity index (χ0n) is 9.54. The van der Waals surface area contributed by atoms with Crippen molar-refractivity contribution >= 4 is 11.8 Å². The summed E-state index contributed by atoms with van der Waals surface area (Å²) in [5.41, 5.74) is 0.198. The molecule has 0 spiro atoms. The Balaban J connectivity index is 5.20. The van der Waals surface area contributed by atoms with Gasteiger partial charge in [-0.3, -0.25) is 0 Å². The van der Waals surface area contributed by atoms with E-state index in [4.69, 9.17) is 5.11 Å². The largest absolute Gasteiger partial charge is 0.475 e. The second-order valence-electron chi connectivity index (χ2n) is 3.19. The van der Waals surface area contributed by atoms with Crippen LogP contribution in [0.3, 0.4) is 0 Å². The fourth-order valence-electron chi connectivity index (χ4n) is 1.00. The van der Waals surface area contributed by atoms with Gasteiger partial charge in [0.1, 0.15) is 5.83 Å². The molecule has 5 heteroatoms. The van der Waals surface area contributed by atoms with E-state index in [0.29, 0.717) is 6.42 Å². The van der Waals surface area contributed by atoms with Crippen molar-refractivity contribution in [2.45, 2.75) is 26.7 Å². The van der Waals surface area contributed by atoms with Crippen LogP contribution in [0.25, 0.3) is 0 Å². The summed E-state index contributed by atoms with van der Waals surface area (Å²) < 4.78 is 13.2. The molecule has 0 aliphatic heterocycles. The van der Waals surface area contributed by atoms with Crippen LogP contribution in [-0.2, 0) is 4.79 Å². The Labute approximate surface area is 89.1 Å². The minimum Gasteiger partial charge on any atom is -0.475 e. The van der Waals surface area contributed by atoms with Crippen LogP contribution in [0.2, 0.25) is 0 Å². The average molecular weight is 216 g/mol. The van der Waals surface area contributed by atoms with Gasteiger partial charge >= 0.3 is 5.97 Å². The van der Waals surface area contributed by atoms with Gasteiger partial charge in [0.2, 0.25) is 5.84 Å². The molecule has 0 atom stereocenters. The first-order valence-electron chi connectivity index (χ1n) is 4.80. The van der Waals surface area contributed by atoms with Gasteiger partial charge in [-0.15, -0.1) is 0 Å². The van der Waals surface area contributed by atoms with E-state index in [1.54, 1.807) is 27.9 Å². The van der Waals surface area contributed by atoms with Crippen molar-refractivity contribution in [1.29, 1.82) is 0 Å². The minimum absolute atomic E-state index is 0.157. The standard InChI is InChI=1S/C10H17FN2O2/c1-5-7(11)8(6-2)12-9(10(14)15)13(3)4/h5-6H2,1-4H3,(H,14,15)/b8-7-,12-9-. The van der Waals surface area contributed by atoms with E-state index in [1.807, 2.05) is 0 Å². The molecule has 0 radical (unpaired) electrons. The first kappa shape index (κ1) is 13.6. The van der Waals surface area contributed by atoms with Crippen molar-refractivity contribution in [1.82, 2.24) is 4.90 Å². The SMILES string of the molecule is CC/C(F)=C(CC)/N=C(/C(=O)O)N(C)C. The Hall–Kier alpha value is -1.39. The molecule has 0 saturated carbocycles. The van der Waals surface area contributed by atoms with Crippen LogP contribution in [0.4, 0.5) is 4.39 Å². The van der Waals surface area contributed by atoms with Crippen molar-refractivity contribution in [3.05, 3.63) is 11.5 Å². The van der Waals surface area contributed by atoms with Gasteiger partial charge in [0.15, 0.2) is 0 Å². The Morgan fingerprint density at radius 2 is 1.87 bits per heavy atom. The van der Waals surface area contributed by atoms with Gasteiger partial charge in [0.05, 0.1) is 5.70 Å². The van der Waals surface area contributed by atoms with E-state index in [9.17, 15) is 9.18 Å². The maximum absolute atomic E-state index is 13.2. The van der Waals surface area contributed by atoms with E-state index in [1.165, 1.54) is 4.90 Å². The average Bonchev–Trinajstić information content (AvgIpc) is 2.17. The fourth-order valence-corrected chi connectivity index (χ4v) is 1.00. The molecule has 0 amide bonds. The zero-order valence-corrected chi connectivity index (χ0v) is 9.54. The van der Waals surface area contributed by atoms with E-state index in [-0.39, 0.29) is 23.8 Å². The lowest BCUT2D eigenvalue weighted by molar-refractivity contribution is -0.130. The predicted octanol–water partition coefficient (Wildman–Crippen LogP) is 2.03. The number of amidine groups is 1. The number of allylic oxidation sites excluding steroid dienone is 2. The number of hydrogen-bond acceptors (Lipinski definition) is 2. The van der Waals surface area contributed by atoms with Gasteiger partial charge in [-0.2, -0.15) is 0 Å². The van der Waals surface area contributed by atoms with Crippen LogP contribution >= 0.6 is 0 Å². The Morgan fingerprint density at radius 1 is 1.33 bits per heavy atom. The summed E-state index contributed by atoms with van der Waals surface area (Å²) in [6, 6.07) is 0. The van der Waals surface area contributed by atoms with Gasteiger partial charge in [0, 0.05) is 14.1 Å². The number of carbonyl (C=O) groups is 1. The molecule has 0 heterocycles. The number of nitrogens with zero attached hydrogens (tertiary/aromatic N) is 2. The number of hydrogen-bond donors (Lipinski definition) is 1. The van der Waals surface area contributed by atoms with Crippen molar-refractivity contribution < 1.29 is 14.3 Å². The number of rotatable bonds is 3. The minimum atomic E-state index is -1.16. The molecule has 0 rings (SSSR count). The second kappa shape index (κ2) is 6.16. The zero-order chi connectivity index (χ0) is 12.0. The van der Waals surface area contributed by atoms with Crippen LogP contribution in [0.15, 0.2) is 16.5 Å². The number of aliphatic carboxylic acids is 1. The normalized spacial score (nSPS) is 13.5. The highest BCUT2D eigenvalue weighted by Crippen LogP contribution is 2.15. The molecule has 0 aliphatic carbocycles. The number of aliphatic imine (C=N–C) groups is 1. The number of likely N-dealkylation sites (N-methyl/N-ethyl adjacent to an activating group) is 1. The maximum atomic E-state index is 13.2. The monoisotopic (exact) mass is 216 g/mol. The van der Waals surface area contributed by atoms with Gasteiger partial charge in [0.25, 0.3) is 0 Å². The number of carboxylic acids is 1. The number of carboxylic acid groups (broad SMARTS) is 1. The molecular formula is C10H17FN2O2. The lowest BCUT2D eigenvalue weighted by Crippen LogP contribution is -2.30. The third-order valence-corrected chi connectivity index (χ3v) is 1.81. The molecule has 1 N–H and O–H groups in total. The van der Waals surface area contributed by atoms with Crippen LogP contribution < -0.4 is 0 Å². The molecule has 0 bridgehead atoms. The molecule has 0 aliphatic rings. The molecule has 0 aromatic rings. The summed E-state index contributed by atoms with van der Waals surface area (Å²) in [6.45, 7) is 3.40. The Morgan fingerprint density at radius 3 is 2.13 bits per heavy atom. The first-order valence-corrected chi connectivity index (χ1v) is 4.80. The summed E-state index contributed by atoms with van der Waals surface area (Å²) >= 11 is 0. The van der Waals surface area contributed by atoms with Crippen LogP contribution in [0.5, 0.6) is 0 Å². The van der Waals surface area contributed by atoms with Gasteiger partial charge in [-0.25, -0.2) is 14.2 Å². The first-order chi connectivity index (χ1) is 6.93. The topological polar surface area (TPSA) is 52.9 Å². The van der Waals surface area contributed by atoms with E-state index >= 15 is 0 Å².